The minimum absolute atomic E-state index is 0.140. The van der Waals surface area contributed by atoms with E-state index in [0.717, 1.165) is 16.5 Å². The molecule has 33 heavy (non-hydrogen) atoms. The number of aromatic nitrogens is 1. The number of hydrogen-bond acceptors (Lipinski definition) is 6. The van der Waals surface area contributed by atoms with Crippen molar-refractivity contribution in [1.29, 1.82) is 0 Å². The number of amides is 3. The van der Waals surface area contributed by atoms with E-state index in [4.69, 9.17) is 10.8 Å². The minimum Gasteiger partial charge on any atom is -0.480 e. The number of carboxylic acids is 1. The Labute approximate surface area is 190 Å². The molecule has 0 saturated carbocycles. The summed E-state index contributed by atoms with van der Waals surface area (Å²) in [4.78, 5) is 53.8. The Balaban J connectivity index is 1.84. The van der Waals surface area contributed by atoms with Crippen LogP contribution in [0.3, 0.4) is 0 Å². The third kappa shape index (κ3) is 5.68. The van der Waals surface area contributed by atoms with Crippen LogP contribution in [0.2, 0.25) is 0 Å². The van der Waals surface area contributed by atoms with Crippen LogP contribution in [0.25, 0.3) is 10.9 Å². The zero-order valence-electron chi connectivity index (χ0n) is 18.3. The molecule has 2 aromatic rings. The summed E-state index contributed by atoms with van der Waals surface area (Å²) in [6.45, 7) is 1.13. The first-order valence-corrected chi connectivity index (χ1v) is 10.8. The number of fused-ring (bicyclic) bond motifs is 1. The topological polar surface area (TPSA) is 178 Å². The molecule has 4 atom stereocenters. The molecule has 178 valence electrons. The van der Waals surface area contributed by atoms with Crippen molar-refractivity contribution in [3.63, 3.8) is 0 Å². The quantitative estimate of drug-likeness (QED) is 0.281. The second kappa shape index (κ2) is 10.5. The van der Waals surface area contributed by atoms with Crippen LogP contribution in [0, 0.1) is 0 Å². The molecule has 0 spiro atoms. The number of aliphatic carboxylic acids is 1. The van der Waals surface area contributed by atoms with Crippen molar-refractivity contribution in [2.75, 3.05) is 13.1 Å². The Hall–Kier alpha value is -3.44. The van der Waals surface area contributed by atoms with Gasteiger partial charge in [-0.3, -0.25) is 19.2 Å². The predicted molar refractivity (Wildman–Crippen MR) is 119 cm³/mol. The second-order valence-corrected chi connectivity index (χ2v) is 8.19. The van der Waals surface area contributed by atoms with Gasteiger partial charge in [-0.1, -0.05) is 18.2 Å². The van der Waals surface area contributed by atoms with Gasteiger partial charge >= 0.3 is 5.97 Å². The number of carbonyl (C=O) groups excluding carboxylic acids is 3. The first kappa shape index (κ1) is 24.2. The van der Waals surface area contributed by atoms with Gasteiger partial charge in [-0.15, -0.1) is 0 Å². The number of benzene rings is 1. The number of aliphatic hydroxyl groups is 1. The SMILES string of the molecule is CC(O)C(N)C(=O)NC(Cc1c[nH]c2ccccc12)C(=O)N1CCCC1C(=O)NCC(=O)O. The van der Waals surface area contributed by atoms with E-state index in [2.05, 4.69) is 15.6 Å². The van der Waals surface area contributed by atoms with E-state index in [1.807, 2.05) is 24.3 Å². The molecule has 1 fully saturated rings. The molecule has 1 aliphatic heterocycles. The maximum atomic E-state index is 13.5. The summed E-state index contributed by atoms with van der Waals surface area (Å²) in [5.41, 5.74) is 7.42. The molecule has 1 saturated heterocycles. The van der Waals surface area contributed by atoms with Crippen LogP contribution in [0.4, 0.5) is 0 Å². The van der Waals surface area contributed by atoms with E-state index < -0.39 is 54.5 Å². The average molecular weight is 460 g/mol. The van der Waals surface area contributed by atoms with E-state index >= 15 is 0 Å². The third-order valence-corrected chi connectivity index (χ3v) is 5.79. The van der Waals surface area contributed by atoms with Crippen molar-refractivity contribution >= 4 is 34.6 Å². The van der Waals surface area contributed by atoms with Crippen LogP contribution in [0.5, 0.6) is 0 Å². The fraction of sp³-hybridized carbons (Fsp3) is 0.455. The van der Waals surface area contributed by atoms with Crippen molar-refractivity contribution in [3.8, 4) is 0 Å². The monoisotopic (exact) mass is 459 g/mol. The van der Waals surface area contributed by atoms with Crippen LogP contribution >= 0.6 is 0 Å². The molecule has 1 aliphatic rings. The Morgan fingerprint density at radius 2 is 2.00 bits per heavy atom. The van der Waals surface area contributed by atoms with Gasteiger partial charge in [0.15, 0.2) is 0 Å². The molecule has 3 amide bonds. The number of H-pyrrole nitrogens is 1. The molecule has 2 heterocycles. The standard InChI is InChI=1S/C22H29N5O6/c1-12(28)19(23)21(32)26-16(9-13-10-24-15-6-3-2-5-14(13)15)22(33)27-8-4-7-17(27)20(31)25-11-18(29)30/h2-3,5-6,10,12,16-17,19,24,28H,4,7-9,11,23H2,1H3,(H,25,31)(H,26,32)(H,29,30). The molecular formula is C22H29N5O6. The zero-order chi connectivity index (χ0) is 24.1. The van der Waals surface area contributed by atoms with Crippen LogP contribution in [0.15, 0.2) is 30.5 Å². The van der Waals surface area contributed by atoms with Crippen LogP contribution in [-0.4, -0.2) is 81.1 Å². The number of hydrogen-bond donors (Lipinski definition) is 6. The van der Waals surface area contributed by atoms with Crippen molar-refractivity contribution in [2.24, 2.45) is 5.73 Å². The Bertz CT molecular complexity index is 1040. The highest BCUT2D eigenvalue weighted by atomic mass is 16.4. The number of rotatable bonds is 9. The predicted octanol–water partition coefficient (Wildman–Crippen LogP) is -0.905. The normalized spacial score (nSPS) is 18.5. The van der Waals surface area contributed by atoms with Gasteiger partial charge in [0, 0.05) is 30.1 Å². The van der Waals surface area contributed by atoms with Gasteiger partial charge in [0.1, 0.15) is 24.7 Å². The van der Waals surface area contributed by atoms with E-state index in [0.29, 0.717) is 19.4 Å². The largest absolute Gasteiger partial charge is 0.480 e. The summed E-state index contributed by atoms with van der Waals surface area (Å²) < 4.78 is 0. The highest BCUT2D eigenvalue weighted by Gasteiger charge is 2.38. The summed E-state index contributed by atoms with van der Waals surface area (Å²) in [6, 6.07) is 4.43. The number of nitrogens with zero attached hydrogens (tertiary/aromatic N) is 1. The van der Waals surface area contributed by atoms with Crippen LogP contribution < -0.4 is 16.4 Å². The van der Waals surface area contributed by atoms with Crippen molar-refractivity contribution in [3.05, 3.63) is 36.0 Å². The minimum atomic E-state index is -1.23. The van der Waals surface area contributed by atoms with E-state index in [1.54, 1.807) is 6.20 Å². The van der Waals surface area contributed by atoms with Gasteiger partial charge < -0.3 is 36.5 Å². The lowest BCUT2D eigenvalue weighted by atomic mass is 10.0. The van der Waals surface area contributed by atoms with E-state index in [1.165, 1.54) is 11.8 Å². The van der Waals surface area contributed by atoms with E-state index in [9.17, 15) is 24.3 Å². The molecule has 0 aliphatic carbocycles. The van der Waals surface area contributed by atoms with Gasteiger partial charge in [0.25, 0.3) is 0 Å². The van der Waals surface area contributed by atoms with Crippen LogP contribution in [0.1, 0.15) is 25.3 Å². The van der Waals surface area contributed by atoms with Crippen LogP contribution in [-0.2, 0) is 25.6 Å². The number of carbonyl (C=O) groups is 4. The lowest BCUT2D eigenvalue weighted by Crippen LogP contribution is -2.57. The smallest absolute Gasteiger partial charge is 0.322 e. The molecular weight excluding hydrogens is 430 g/mol. The number of aliphatic hydroxyl groups excluding tert-OH is 1. The lowest BCUT2D eigenvalue weighted by Gasteiger charge is -2.29. The maximum Gasteiger partial charge on any atom is 0.322 e. The number of nitrogens with two attached hydrogens (primary N) is 1. The number of nitrogens with one attached hydrogen (secondary N) is 3. The highest BCUT2D eigenvalue weighted by molar-refractivity contribution is 5.95. The van der Waals surface area contributed by atoms with Gasteiger partial charge in [-0.25, -0.2) is 0 Å². The molecule has 1 aromatic carbocycles. The summed E-state index contributed by atoms with van der Waals surface area (Å²) in [5, 5.41) is 24.3. The van der Waals surface area contributed by atoms with Crippen molar-refractivity contribution in [2.45, 2.75) is 50.4 Å². The zero-order valence-corrected chi connectivity index (χ0v) is 18.3. The molecule has 7 N–H and O–H groups in total. The molecule has 11 nitrogen and oxygen atoms in total. The average Bonchev–Trinajstić information content (AvgIpc) is 3.43. The van der Waals surface area contributed by atoms with Crippen molar-refractivity contribution in [1.82, 2.24) is 20.5 Å². The fourth-order valence-corrected chi connectivity index (χ4v) is 3.99. The summed E-state index contributed by atoms with van der Waals surface area (Å²) >= 11 is 0. The van der Waals surface area contributed by atoms with Gasteiger partial charge in [0.2, 0.25) is 17.7 Å². The molecule has 4 unspecified atom stereocenters. The van der Waals surface area contributed by atoms with Crippen molar-refractivity contribution < 1.29 is 29.4 Å². The Kier molecular flexibility index (Phi) is 7.67. The molecule has 3 rings (SSSR count). The van der Waals surface area contributed by atoms with Gasteiger partial charge in [-0.2, -0.15) is 0 Å². The fourth-order valence-electron chi connectivity index (χ4n) is 3.99. The summed E-state index contributed by atoms with van der Waals surface area (Å²) in [5.74, 6) is -2.90. The molecule has 0 radical (unpaired) electrons. The summed E-state index contributed by atoms with van der Waals surface area (Å²) in [7, 11) is 0. The first-order valence-electron chi connectivity index (χ1n) is 10.8. The number of para-hydroxylation sites is 1. The second-order valence-electron chi connectivity index (χ2n) is 8.19. The molecule has 0 bridgehead atoms. The Morgan fingerprint density at radius 1 is 1.27 bits per heavy atom. The lowest BCUT2D eigenvalue weighted by molar-refractivity contribution is -0.143. The third-order valence-electron chi connectivity index (χ3n) is 5.79. The number of likely N-dealkylation sites (tertiary alicyclic amines) is 1. The molecule has 1 aromatic heterocycles. The number of aromatic amines is 1. The van der Waals surface area contributed by atoms with Gasteiger partial charge in [-0.05, 0) is 31.4 Å². The highest BCUT2D eigenvalue weighted by Crippen LogP contribution is 2.23. The maximum absolute atomic E-state index is 13.5. The van der Waals surface area contributed by atoms with Gasteiger partial charge in [0.05, 0.1) is 6.10 Å². The first-order chi connectivity index (χ1) is 15.7. The Morgan fingerprint density at radius 3 is 2.70 bits per heavy atom. The van der Waals surface area contributed by atoms with E-state index in [-0.39, 0.29) is 6.42 Å². The molecule has 11 heteroatoms. The summed E-state index contributed by atoms with van der Waals surface area (Å²) in [6.07, 6.45) is 1.74. The number of carboxylic acid groups (broad SMARTS) is 1.